The van der Waals surface area contributed by atoms with Gasteiger partial charge in [0.05, 0.1) is 10.6 Å². The number of aromatic nitrogens is 2. The lowest BCUT2D eigenvalue weighted by atomic mass is 10.2. The first-order valence-electron chi connectivity index (χ1n) is 9.72. The molecular weight excluding hydrogens is 376 g/mol. The normalized spacial score (nSPS) is 14.0. The molecule has 0 bridgehead atoms. The third kappa shape index (κ3) is 3.84. The summed E-state index contributed by atoms with van der Waals surface area (Å²) in [5, 5.41) is 4.40. The summed E-state index contributed by atoms with van der Waals surface area (Å²) in [6.45, 7) is 9.58. The maximum atomic E-state index is 12.7. The van der Waals surface area contributed by atoms with E-state index in [4.69, 9.17) is 0 Å². The Balaban J connectivity index is 1.75. The van der Waals surface area contributed by atoms with Crippen molar-refractivity contribution in [2.24, 2.45) is 0 Å². The van der Waals surface area contributed by atoms with Gasteiger partial charge in [-0.1, -0.05) is 13.8 Å². The SMILES string of the molecule is CCN(CC)S(=O)(=O)c1ccc2c(c1)CCN2C(=O)CCn1nc(C)cc1C. The van der Waals surface area contributed by atoms with Crippen molar-refractivity contribution in [2.45, 2.75) is 52.0 Å². The largest absolute Gasteiger partial charge is 0.312 e. The maximum Gasteiger partial charge on any atom is 0.243 e. The Kier molecular flexibility index (Phi) is 5.90. The number of carbonyl (C=O) groups excluding carboxylic acids is 1. The van der Waals surface area contributed by atoms with Crippen molar-refractivity contribution in [1.29, 1.82) is 0 Å². The van der Waals surface area contributed by atoms with E-state index in [1.807, 2.05) is 38.4 Å². The van der Waals surface area contributed by atoms with Gasteiger partial charge in [-0.3, -0.25) is 9.48 Å². The molecule has 7 nitrogen and oxygen atoms in total. The van der Waals surface area contributed by atoms with Gasteiger partial charge in [0, 0.05) is 44.0 Å². The van der Waals surface area contributed by atoms with Crippen molar-refractivity contribution in [1.82, 2.24) is 14.1 Å². The third-order valence-corrected chi connectivity index (χ3v) is 7.28. The van der Waals surface area contributed by atoms with E-state index in [2.05, 4.69) is 5.10 Å². The lowest BCUT2D eigenvalue weighted by molar-refractivity contribution is -0.118. The number of aryl methyl sites for hydroxylation is 3. The minimum absolute atomic E-state index is 0.0330. The number of carbonyl (C=O) groups is 1. The van der Waals surface area contributed by atoms with Crippen LogP contribution in [-0.4, -0.2) is 48.0 Å². The van der Waals surface area contributed by atoms with Crippen molar-refractivity contribution in [2.75, 3.05) is 24.5 Å². The monoisotopic (exact) mass is 404 g/mol. The lowest BCUT2D eigenvalue weighted by Crippen LogP contribution is -2.31. The van der Waals surface area contributed by atoms with E-state index < -0.39 is 10.0 Å². The molecule has 8 heteroatoms. The van der Waals surface area contributed by atoms with E-state index in [9.17, 15) is 13.2 Å². The molecular formula is C20H28N4O3S. The topological polar surface area (TPSA) is 75.5 Å². The number of rotatable bonds is 7. The highest BCUT2D eigenvalue weighted by Crippen LogP contribution is 2.31. The van der Waals surface area contributed by atoms with Crippen molar-refractivity contribution in [3.05, 3.63) is 41.2 Å². The number of anilines is 1. The summed E-state index contributed by atoms with van der Waals surface area (Å²) in [7, 11) is -3.49. The summed E-state index contributed by atoms with van der Waals surface area (Å²) in [5.41, 5.74) is 3.71. The maximum absolute atomic E-state index is 12.7. The molecule has 1 aliphatic heterocycles. The fourth-order valence-corrected chi connectivity index (χ4v) is 5.26. The molecule has 1 aromatic carbocycles. The van der Waals surface area contributed by atoms with Crippen molar-refractivity contribution in [3.8, 4) is 0 Å². The summed E-state index contributed by atoms with van der Waals surface area (Å²) in [6, 6.07) is 7.09. The van der Waals surface area contributed by atoms with Gasteiger partial charge >= 0.3 is 0 Å². The number of nitrogens with zero attached hydrogens (tertiary/aromatic N) is 4. The zero-order valence-electron chi connectivity index (χ0n) is 17.0. The van der Waals surface area contributed by atoms with Crippen LogP contribution in [0, 0.1) is 13.8 Å². The zero-order chi connectivity index (χ0) is 20.5. The number of benzene rings is 1. The van der Waals surface area contributed by atoms with Gasteiger partial charge < -0.3 is 4.90 Å². The Morgan fingerprint density at radius 2 is 1.89 bits per heavy atom. The van der Waals surface area contributed by atoms with Crippen LogP contribution >= 0.6 is 0 Å². The smallest absolute Gasteiger partial charge is 0.243 e. The van der Waals surface area contributed by atoms with Crippen LogP contribution in [0.1, 0.15) is 37.2 Å². The summed E-state index contributed by atoms with van der Waals surface area (Å²) in [5.74, 6) is 0.0330. The van der Waals surface area contributed by atoms with E-state index in [-0.39, 0.29) is 5.91 Å². The van der Waals surface area contributed by atoms with Crippen LogP contribution in [0.3, 0.4) is 0 Å². The quantitative estimate of drug-likeness (QED) is 0.711. The van der Waals surface area contributed by atoms with Crippen LogP contribution < -0.4 is 4.90 Å². The molecule has 0 fully saturated rings. The standard InChI is InChI=1S/C20H28N4O3S/c1-5-22(6-2)28(26,27)18-7-8-19-17(14-18)9-11-23(19)20(25)10-12-24-16(4)13-15(3)21-24/h7-8,13-14H,5-6,9-12H2,1-4H3. The first kappa shape index (κ1) is 20.5. The van der Waals surface area contributed by atoms with Crippen molar-refractivity contribution >= 4 is 21.6 Å². The molecule has 0 radical (unpaired) electrons. The van der Waals surface area contributed by atoms with E-state index in [0.29, 0.717) is 43.9 Å². The fraction of sp³-hybridized carbons (Fsp3) is 0.500. The highest BCUT2D eigenvalue weighted by atomic mass is 32.2. The number of hydrogen-bond acceptors (Lipinski definition) is 4. The first-order valence-corrected chi connectivity index (χ1v) is 11.2. The first-order chi connectivity index (χ1) is 13.3. The van der Waals surface area contributed by atoms with Crippen molar-refractivity contribution < 1.29 is 13.2 Å². The summed E-state index contributed by atoms with van der Waals surface area (Å²) in [6.07, 6.45) is 1.03. The van der Waals surface area contributed by atoms with Crippen LogP contribution in [0.15, 0.2) is 29.2 Å². The molecule has 2 heterocycles. The van der Waals surface area contributed by atoms with E-state index in [1.165, 1.54) is 4.31 Å². The van der Waals surface area contributed by atoms with Gasteiger partial charge in [-0.2, -0.15) is 9.40 Å². The molecule has 0 saturated carbocycles. The van der Waals surface area contributed by atoms with E-state index in [0.717, 1.165) is 22.6 Å². The molecule has 1 aromatic heterocycles. The second-order valence-electron chi connectivity index (χ2n) is 7.08. The van der Waals surface area contributed by atoms with Gasteiger partial charge in [-0.25, -0.2) is 8.42 Å². The summed E-state index contributed by atoms with van der Waals surface area (Å²) < 4.78 is 28.8. The molecule has 2 aromatic rings. The highest BCUT2D eigenvalue weighted by Gasteiger charge is 2.28. The summed E-state index contributed by atoms with van der Waals surface area (Å²) >= 11 is 0. The van der Waals surface area contributed by atoms with Gasteiger partial charge in [0.25, 0.3) is 0 Å². The molecule has 0 aliphatic carbocycles. The van der Waals surface area contributed by atoms with Gasteiger partial charge in [-0.05, 0) is 50.1 Å². The Labute approximate surface area is 167 Å². The predicted molar refractivity (Wildman–Crippen MR) is 109 cm³/mol. The van der Waals surface area contributed by atoms with E-state index >= 15 is 0 Å². The van der Waals surface area contributed by atoms with Crippen LogP contribution in [0.25, 0.3) is 0 Å². The highest BCUT2D eigenvalue weighted by molar-refractivity contribution is 7.89. The molecule has 0 atom stereocenters. The summed E-state index contributed by atoms with van der Waals surface area (Å²) in [4.78, 5) is 14.8. The molecule has 28 heavy (non-hydrogen) atoms. The second kappa shape index (κ2) is 8.05. The average molecular weight is 405 g/mol. The second-order valence-corrected chi connectivity index (χ2v) is 9.01. The molecule has 152 valence electrons. The molecule has 3 rings (SSSR count). The number of sulfonamides is 1. The Hall–Kier alpha value is -2.19. The van der Waals surface area contributed by atoms with E-state index in [1.54, 1.807) is 23.1 Å². The Bertz CT molecular complexity index is 977. The van der Waals surface area contributed by atoms with Gasteiger partial charge in [-0.15, -0.1) is 0 Å². The fourth-order valence-electron chi connectivity index (χ4n) is 3.75. The average Bonchev–Trinajstić information content (AvgIpc) is 3.22. The Morgan fingerprint density at radius 1 is 1.18 bits per heavy atom. The molecule has 0 spiro atoms. The minimum Gasteiger partial charge on any atom is -0.312 e. The molecule has 0 saturated heterocycles. The Morgan fingerprint density at radius 3 is 2.50 bits per heavy atom. The number of hydrogen-bond donors (Lipinski definition) is 0. The van der Waals surface area contributed by atoms with Crippen LogP contribution in [0.5, 0.6) is 0 Å². The van der Waals surface area contributed by atoms with Crippen LogP contribution in [-0.2, 0) is 27.8 Å². The minimum atomic E-state index is -3.49. The molecule has 0 N–H and O–H groups in total. The molecule has 1 aliphatic rings. The molecule has 1 amide bonds. The van der Waals surface area contributed by atoms with Crippen molar-refractivity contribution in [3.63, 3.8) is 0 Å². The van der Waals surface area contributed by atoms with Crippen LogP contribution in [0.2, 0.25) is 0 Å². The lowest BCUT2D eigenvalue weighted by Gasteiger charge is -2.20. The van der Waals surface area contributed by atoms with Gasteiger partial charge in [0.2, 0.25) is 15.9 Å². The van der Waals surface area contributed by atoms with Gasteiger partial charge in [0.1, 0.15) is 0 Å². The number of amides is 1. The third-order valence-electron chi connectivity index (χ3n) is 5.23. The number of fused-ring (bicyclic) bond motifs is 1. The zero-order valence-corrected chi connectivity index (χ0v) is 17.8. The van der Waals surface area contributed by atoms with Crippen LogP contribution in [0.4, 0.5) is 5.69 Å². The van der Waals surface area contributed by atoms with Gasteiger partial charge in [0.15, 0.2) is 0 Å². The predicted octanol–water partition coefficient (Wildman–Crippen LogP) is 2.51. The molecule has 0 unspecified atom stereocenters.